The van der Waals surface area contributed by atoms with E-state index in [0.29, 0.717) is 6.61 Å². The van der Waals surface area contributed by atoms with Crippen molar-refractivity contribution in [3.05, 3.63) is 23.8 Å². The van der Waals surface area contributed by atoms with Gasteiger partial charge in [0.1, 0.15) is 0 Å². The van der Waals surface area contributed by atoms with Gasteiger partial charge in [-0.3, -0.25) is 0 Å². The molecule has 1 N–H and O–H groups in total. The highest BCUT2D eigenvalue weighted by Gasteiger charge is 2.09. The van der Waals surface area contributed by atoms with E-state index in [1.807, 2.05) is 19.1 Å². The molecule has 0 bridgehead atoms. The fraction of sp³-hybridized carbons (Fsp3) is 0.647. The quantitative estimate of drug-likeness (QED) is 0.656. The van der Waals surface area contributed by atoms with E-state index in [4.69, 9.17) is 9.47 Å². The summed E-state index contributed by atoms with van der Waals surface area (Å²) in [6.45, 7) is 9.07. The third-order valence-corrected chi connectivity index (χ3v) is 3.26. The van der Waals surface area contributed by atoms with Gasteiger partial charge in [0.2, 0.25) is 0 Å². The molecule has 0 aromatic heterocycles. The largest absolute Gasteiger partial charge is 0.493 e. The van der Waals surface area contributed by atoms with Crippen molar-refractivity contribution in [3.63, 3.8) is 0 Å². The van der Waals surface area contributed by atoms with Crippen molar-refractivity contribution in [3.8, 4) is 11.5 Å². The summed E-state index contributed by atoms with van der Waals surface area (Å²) in [5.41, 5.74) is 1.15. The monoisotopic (exact) mass is 279 g/mol. The summed E-state index contributed by atoms with van der Waals surface area (Å²) in [4.78, 5) is 0. The predicted molar refractivity (Wildman–Crippen MR) is 84.6 cm³/mol. The fourth-order valence-electron chi connectivity index (χ4n) is 2.23. The maximum atomic E-state index is 5.59. The number of benzene rings is 1. The SMILES string of the molecule is CCOc1cccc(CNCCCCC(C)C)c1OC. The number of para-hydroxylation sites is 1. The third-order valence-electron chi connectivity index (χ3n) is 3.26. The van der Waals surface area contributed by atoms with Crippen LogP contribution in [0.5, 0.6) is 11.5 Å². The van der Waals surface area contributed by atoms with Crippen molar-refractivity contribution in [2.24, 2.45) is 5.92 Å². The Morgan fingerprint density at radius 2 is 2.00 bits per heavy atom. The maximum Gasteiger partial charge on any atom is 0.165 e. The Morgan fingerprint density at radius 1 is 1.20 bits per heavy atom. The number of hydrogen-bond donors (Lipinski definition) is 1. The van der Waals surface area contributed by atoms with Gasteiger partial charge in [-0.25, -0.2) is 0 Å². The third kappa shape index (κ3) is 5.83. The lowest BCUT2D eigenvalue weighted by Gasteiger charge is -2.14. The molecule has 0 saturated carbocycles. The average molecular weight is 279 g/mol. The number of unbranched alkanes of at least 4 members (excludes halogenated alkanes) is 1. The van der Waals surface area contributed by atoms with Crippen LogP contribution >= 0.6 is 0 Å². The second-order valence-electron chi connectivity index (χ2n) is 5.45. The Hall–Kier alpha value is -1.22. The van der Waals surface area contributed by atoms with Crippen LogP contribution < -0.4 is 14.8 Å². The van der Waals surface area contributed by atoms with E-state index >= 15 is 0 Å². The minimum atomic E-state index is 0.655. The van der Waals surface area contributed by atoms with E-state index in [9.17, 15) is 0 Å². The van der Waals surface area contributed by atoms with Crippen molar-refractivity contribution < 1.29 is 9.47 Å². The van der Waals surface area contributed by atoms with Gasteiger partial charge in [-0.15, -0.1) is 0 Å². The Balaban J connectivity index is 2.41. The first-order chi connectivity index (χ1) is 9.69. The summed E-state index contributed by atoms with van der Waals surface area (Å²) < 4.78 is 11.1. The molecule has 0 aliphatic carbocycles. The normalized spacial score (nSPS) is 10.8. The Bertz CT molecular complexity index is 377. The number of ether oxygens (including phenoxy) is 2. The van der Waals surface area contributed by atoms with Gasteiger partial charge in [0.15, 0.2) is 11.5 Å². The van der Waals surface area contributed by atoms with Gasteiger partial charge in [-0.1, -0.05) is 38.8 Å². The van der Waals surface area contributed by atoms with Crippen LogP contribution in [0.4, 0.5) is 0 Å². The second-order valence-corrected chi connectivity index (χ2v) is 5.45. The van der Waals surface area contributed by atoms with Crippen LogP contribution in [0.1, 0.15) is 45.6 Å². The molecule has 0 spiro atoms. The molecule has 0 aliphatic rings. The molecule has 0 atom stereocenters. The second kappa shape index (κ2) is 9.65. The van der Waals surface area contributed by atoms with Crippen molar-refractivity contribution in [1.82, 2.24) is 5.32 Å². The summed E-state index contributed by atoms with van der Waals surface area (Å²) in [5.74, 6) is 2.48. The summed E-state index contributed by atoms with van der Waals surface area (Å²) >= 11 is 0. The van der Waals surface area contributed by atoms with Crippen LogP contribution in [-0.2, 0) is 6.54 Å². The minimum absolute atomic E-state index is 0.655. The molecule has 3 heteroatoms. The number of methoxy groups -OCH3 is 1. The van der Waals surface area contributed by atoms with Crippen molar-refractivity contribution in [2.45, 2.75) is 46.6 Å². The molecule has 1 rings (SSSR count). The van der Waals surface area contributed by atoms with Gasteiger partial charge >= 0.3 is 0 Å². The molecule has 20 heavy (non-hydrogen) atoms. The molecule has 0 amide bonds. The maximum absolute atomic E-state index is 5.59. The predicted octanol–water partition coefficient (Wildman–Crippen LogP) is 4.01. The van der Waals surface area contributed by atoms with E-state index in [0.717, 1.165) is 36.1 Å². The zero-order valence-electron chi connectivity index (χ0n) is 13.4. The topological polar surface area (TPSA) is 30.5 Å². The molecule has 3 nitrogen and oxygen atoms in total. The van der Waals surface area contributed by atoms with E-state index in [2.05, 4.69) is 25.2 Å². The van der Waals surface area contributed by atoms with Gasteiger partial charge in [0, 0.05) is 12.1 Å². The average Bonchev–Trinajstić information content (AvgIpc) is 2.43. The fourth-order valence-corrected chi connectivity index (χ4v) is 2.23. The van der Waals surface area contributed by atoms with Gasteiger partial charge in [-0.05, 0) is 31.9 Å². The molecule has 0 fully saturated rings. The van der Waals surface area contributed by atoms with Crippen LogP contribution in [0.3, 0.4) is 0 Å². The smallest absolute Gasteiger partial charge is 0.165 e. The zero-order valence-corrected chi connectivity index (χ0v) is 13.4. The molecule has 1 aromatic carbocycles. The lowest BCUT2D eigenvalue weighted by molar-refractivity contribution is 0.308. The molecular weight excluding hydrogens is 250 g/mol. The Kier molecular flexibility index (Phi) is 8.12. The van der Waals surface area contributed by atoms with E-state index in [1.54, 1.807) is 7.11 Å². The summed E-state index contributed by atoms with van der Waals surface area (Å²) in [6.07, 6.45) is 3.83. The molecule has 0 unspecified atom stereocenters. The minimum Gasteiger partial charge on any atom is -0.493 e. The highest BCUT2D eigenvalue weighted by Crippen LogP contribution is 2.30. The van der Waals surface area contributed by atoms with Gasteiger partial charge in [-0.2, -0.15) is 0 Å². The van der Waals surface area contributed by atoms with Gasteiger partial charge in [0.05, 0.1) is 13.7 Å². The van der Waals surface area contributed by atoms with Gasteiger partial charge in [0.25, 0.3) is 0 Å². The zero-order chi connectivity index (χ0) is 14.8. The lowest BCUT2D eigenvalue weighted by Crippen LogP contribution is -2.15. The van der Waals surface area contributed by atoms with Crippen molar-refractivity contribution >= 4 is 0 Å². The van der Waals surface area contributed by atoms with Crippen molar-refractivity contribution in [1.29, 1.82) is 0 Å². The first-order valence-corrected chi connectivity index (χ1v) is 7.68. The molecule has 1 aromatic rings. The molecule has 114 valence electrons. The molecular formula is C17H29NO2. The summed E-state index contributed by atoms with van der Waals surface area (Å²) in [6, 6.07) is 6.06. The van der Waals surface area contributed by atoms with Crippen LogP contribution in [0.2, 0.25) is 0 Å². The lowest BCUT2D eigenvalue weighted by atomic mass is 10.1. The van der Waals surface area contributed by atoms with Crippen LogP contribution in [0.15, 0.2) is 18.2 Å². The first-order valence-electron chi connectivity index (χ1n) is 7.68. The van der Waals surface area contributed by atoms with E-state index in [1.165, 1.54) is 19.3 Å². The van der Waals surface area contributed by atoms with Crippen LogP contribution in [-0.4, -0.2) is 20.3 Å². The number of hydrogen-bond acceptors (Lipinski definition) is 3. The molecule has 0 saturated heterocycles. The highest BCUT2D eigenvalue weighted by atomic mass is 16.5. The Morgan fingerprint density at radius 3 is 2.65 bits per heavy atom. The standard InChI is InChI=1S/C17H29NO2/c1-5-20-16-11-8-10-15(17(16)19-4)13-18-12-7-6-9-14(2)3/h8,10-11,14,18H,5-7,9,12-13H2,1-4H3. The molecule has 0 heterocycles. The number of rotatable bonds is 10. The highest BCUT2D eigenvalue weighted by molar-refractivity contribution is 5.46. The number of nitrogens with one attached hydrogen (secondary N) is 1. The van der Waals surface area contributed by atoms with Crippen molar-refractivity contribution in [2.75, 3.05) is 20.3 Å². The van der Waals surface area contributed by atoms with E-state index < -0.39 is 0 Å². The molecule has 0 radical (unpaired) electrons. The van der Waals surface area contributed by atoms with Crippen LogP contribution in [0.25, 0.3) is 0 Å². The first kappa shape index (κ1) is 16.8. The Labute approximate surface area is 123 Å². The van der Waals surface area contributed by atoms with Gasteiger partial charge < -0.3 is 14.8 Å². The summed E-state index contributed by atoms with van der Waals surface area (Å²) in [7, 11) is 1.70. The van der Waals surface area contributed by atoms with Crippen LogP contribution in [0, 0.1) is 5.92 Å². The van der Waals surface area contributed by atoms with E-state index in [-0.39, 0.29) is 0 Å². The summed E-state index contributed by atoms with van der Waals surface area (Å²) in [5, 5.41) is 3.48. The molecule has 0 aliphatic heterocycles.